The van der Waals surface area contributed by atoms with Crippen molar-refractivity contribution in [1.82, 2.24) is 9.97 Å². The lowest BCUT2D eigenvalue weighted by Gasteiger charge is -2.14. The molecular formula is C16H17N3S. The molecule has 0 spiro atoms. The van der Waals surface area contributed by atoms with Crippen LogP contribution in [0.15, 0.2) is 48.1 Å². The number of nitrogens with zero attached hydrogens (tertiary/aromatic N) is 2. The van der Waals surface area contributed by atoms with Crippen LogP contribution in [-0.2, 0) is 6.42 Å². The van der Waals surface area contributed by atoms with Crippen LogP contribution in [0.5, 0.6) is 0 Å². The monoisotopic (exact) mass is 283 g/mol. The first-order valence-corrected chi connectivity index (χ1v) is 7.69. The number of hydrogen-bond acceptors (Lipinski definition) is 4. The van der Waals surface area contributed by atoms with Crippen molar-refractivity contribution in [3.05, 3.63) is 53.7 Å². The normalized spacial score (nSPS) is 12.4. The lowest BCUT2D eigenvalue weighted by atomic mass is 10.1. The molecule has 0 radical (unpaired) electrons. The molecule has 3 rings (SSSR count). The van der Waals surface area contributed by atoms with E-state index in [2.05, 4.69) is 57.9 Å². The fourth-order valence-corrected chi connectivity index (χ4v) is 3.02. The van der Waals surface area contributed by atoms with Gasteiger partial charge in [-0.1, -0.05) is 30.3 Å². The third-order valence-electron chi connectivity index (χ3n) is 3.34. The van der Waals surface area contributed by atoms with Crippen LogP contribution in [0, 0.1) is 0 Å². The average molecular weight is 283 g/mol. The summed E-state index contributed by atoms with van der Waals surface area (Å²) in [5.41, 5.74) is 2.40. The molecule has 1 aromatic carbocycles. The maximum absolute atomic E-state index is 4.36. The summed E-state index contributed by atoms with van der Waals surface area (Å²) in [6, 6.07) is 13.0. The number of rotatable bonds is 5. The molecule has 1 atom stereocenters. The Hall–Kier alpha value is -1.94. The summed E-state index contributed by atoms with van der Waals surface area (Å²) >= 11 is 1.68. The molecule has 0 aliphatic carbocycles. The van der Waals surface area contributed by atoms with Crippen molar-refractivity contribution in [1.29, 1.82) is 0 Å². The molecule has 102 valence electrons. The molecule has 0 aliphatic heterocycles. The van der Waals surface area contributed by atoms with Crippen molar-refractivity contribution in [3.8, 4) is 0 Å². The first-order valence-electron chi connectivity index (χ1n) is 6.81. The number of anilines is 1. The fourth-order valence-electron chi connectivity index (χ4n) is 2.23. The molecule has 0 amide bonds. The van der Waals surface area contributed by atoms with Crippen molar-refractivity contribution < 1.29 is 0 Å². The number of nitrogens with one attached hydrogen (secondary N) is 1. The molecule has 0 fully saturated rings. The van der Waals surface area contributed by atoms with Gasteiger partial charge in [-0.25, -0.2) is 9.97 Å². The number of fused-ring (bicyclic) bond motifs is 1. The van der Waals surface area contributed by atoms with Crippen molar-refractivity contribution in [2.75, 3.05) is 5.32 Å². The third kappa shape index (κ3) is 2.96. The van der Waals surface area contributed by atoms with Gasteiger partial charge >= 0.3 is 0 Å². The van der Waals surface area contributed by atoms with Crippen LogP contribution >= 0.6 is 11.3 Å². The zero-order chi connectivity index (χ0) is 13.8. The van der Waals surface area contributed by atoms with Gasteiger partial charge in [0.25, 0.3) is 0 Å². The van der Waals surface area contributed by atoms with Gasteiger partial charge in [0.15, 0.2) is 0 Å². The van der Waals surface area contributed by atoms with Gasteiger partial charge < -0.3 is 5.32 Å². The molecule has 0 aliphatic rings. The van der Waals surface area contributed by atoms with E-state index in [1.54, 1.807) is 17.7 Å². The maximum atomic E-state index is 4.36. The molecule has 2 heterocycles. The molecule has 4 heteroatoms. The van der Waals surface area contributed by atoms with Crippen LogP contribution in [-0.4, -0.2) is 16.0 Å². The van der Waals surface area contributed by atoms with Crippen LogP contribution in [0.25, 0.3) is 10.2 Å². The van der Waals surface area contributed by atoms with E-state index in [0.717, 1.165) is 28.9 Å². The average Bonchev–Trinajstić information content (AvgIpc) is 2.96. The Morgan fingerprint density at radius 3 is 2.85 bits per heavy atom. The molecular weight excluding hydrogens is 266 g/mol. The van der Waals surface area contributed by atoms with E-state index in [9.17, 15) is 0 Å². The highest BCUT2D eigenvalue weighted by Crippen LogP contribution is 2.25. The van der Waals surface area contributed by atoms with E-state index >= 15 is 0 Å². The largest absolute Gasteiger partial charge is 0.366 e. The van der Waals surface area contributed by atoms with E-state index < -0.39 is 0 Å². The first kappa shape index (κ1) is 13.1. The lowest BCUT2D eigenvalue weighted by molar-refractivity contribution is 0.704. The Morgan fingerprint density at radius 1 is 1.15 bits per heavy atom. The zero-order valence-electron chi connectivity index (χ0n) is 11.4. The Balaban J connectivity index is 1.64. The highest BCUT2D eigenvalue weighted by Gasteiger charge is 2.08. The Morgan fingerprint density at radius 2 is 2.00 bits per heavy atom. The van der Waals surface area contributed by atoms with E-state index in [4.69, 9.17) is 0 Å². The van der Waals surface area contributed by atoms with Crippen LogP contribution < -0.4 is 5.32 Å². The Labute approximate surface area is 122 Å². The van der Waals surface area contributed by atoms with E-state index in [-0.39, 0.29) is 0 Å². The summed E-state index contributed by atoms with van der Waals surface area (Å²) in [6.07, 6.45) is 3.79. The van der Waals surface area contributed by atoms with Crippen molar-refractivity contribution in [3.63, 3.8) is 0 Å². The van der Waals surface area contributed by atoms with Crippen molar-refractivity contribution in [2.45, 2.75) is 25.8 Å². The molecule has 20 heavy (non-hydrogen) atoms. The molecule has 2 aromatic heterocycles. The van der Waals surface area contributed by atoms with Gasteiger partial charge in [0.2, 0.25) is 0 Å². The number of hydrogen-bond donors (Lipinski definition) is 1. The predicted octanol–water partition coefficient (Wildman–Crippen LogP) is 4.12. The summed E-state index contributed by atoms with van der Waals surface area (Å²) in [5.74, 6) is 0.950. The summed E-state index contributed by atoms with van der Waals surface area (Å²) in [5, 5.41) is 5.56. The van der Waals surface area contributed by atoms with Gasteiger partial charge in [-0.05, 0) is 36.8 Å². The second-order valence-electron chi connectivity index (χ2n) is 4.93. The topological polar surface area (TPSA) is 37.8 Å². The van der Waals surface area contributed by atoms with Crippen molar-refractivity contribution >= 4 is 27.4 Å². The highest BCUT2D eigenvalue weighted by atomic mass is 32.1. The minimum atomic E-state index is 0.385. The quantitative estimate of drug-likeness (QED) is 0.765. The molecule has 0 saturated heterocycles. The minimum Gasteiger partial charge on any atom is -0.366 e. The van der Waals surface area contributed by atoms with Gasteiger partial charge in [-0.2, -0.15) is 0 Å². The van der Waals surface area contributed by atoms with E-state index in [1.807, 2.05) is 6.07 Å². The standard InChI is InChI=1S/C16H17N3S/c1-12(7-8-13-5-3-2-4-6-13)19-16-15-14(9-10-20-15)17-11-18-16/h2-6,9-12H,7-8H2,1H3,(H,17,18,19). The molecule has 1 unspecified atom stereocenters. The molecule has 3 aromatic rings. The summed E-state index contributed by atoms with van der Waals surface area (Å²) in [7, 11) is 0. The molecule has 0 bridgehead atoms. The lowest BCUT2D eigenvalue weighted by Crippen LogP contribution is -2.17. The molecule has 1 N–H and O–H groups in total. The number of thiophene rings is 1. The fraction of sp³-hybridized carbons (Fsp3) is 0.250. The summed E-state index contributed by atoms with van der Waals surface area (Å²) in [6.45, 7) is 2.20. The predicted molar refractivity (Wildman–Crippen MR) is 85.3 cm³/mol. The number of aryl methyl sites for hydroxylation is 1. The van der Waals surface area contributed by atoms with Crippen LogP contribution in [0.3, 0.4) is 0 Å². The Kier molecular flexibility index (Phi) is 3.92. The van der Waals surface area contributed by atoms with Gasteiger partial charge in [0.1, 0.15) is 12.1 Å². The van der Waals surface area contributed by atoms with Gasteiger partial charge in [0, 0.05) is 6.04 Å². The van der Waals surface area contributed by atoms with Gasteiger partial charge in [-0.15, -0.1) is 11.3 Å². The minimum absolute atomic E-state index is 0.385. The van der Waals surface area contributed by atoms with Crippen molar-refractivity contribution in [2.24, 2.45) is 0 Å². The molecule has 3 nitrogen and oxygen atoms in total. The Bertz CT molecular complexity index is 678. The maximum Gasteiger partial charge on any atom is 0.147 e. The van der Waals surface area contributed by atoms with Crippen LogP contribution in [0.1, 0.15) is 18.9 Å². The summed E-state index contributed by atoms with van der Waals surface area (Å²) < 4.78 is 1.14. The first-order chi connectivity index (χ1) is 9.83. The van der Waals surface area contributed by atoms with Crippen LogP contribution in [0.2, 0.25) is 0 Å². The molecule has 0 saturated carbocycles. The van der Waals surface area contributed by atoms with Crippen LogP contribution in [0.4, 0.5) is 5.82 Å². The second kappa shape index (κ2) is 6.01. The number of benzene rings is 1. The highest BCUT2D eigenvalue weighted by molar-refractivity contribution is 7.17. The van der Waals surface area contributed by atoms with E-state index in [0.29, 0.717) is 6.04 Å². The number of aromatic nitrogens is 2. The summed E-state index contributed by atoms with van der Waals surface area (Å²) in [4.78, 5) is 8.62. The van der Waals surface area contributed by atoms with Gasteiger partial charge in [-0.3, -0.25) is 0 Å². The smallest absolute Gasteiger partial charge is 0.147 e. The second-order valence-corrected chi connectivity index (χ2v) is 5.84. The van der Waals surface area contributed by atoms with E-state index in [1.165, 1.54) is 5.56 Å². The third-order valence-corrected chi connectivity index (χ3v) is 4.25. The zero-order valence-corrected chi connectivity index (χ0v) is 12.2. The SMILES string of the molecule is CC(CCc1ccccc1)Nc1ncnc2ccsc12. The van der Waals surface area contributed by atoms with Gasteiger partial charge in [0.05, 0.1) is 10.2 Å².